The third-order valence-corrected chi connectivity index (χ3v) is 7.22. The van der Waals surface area contributed by atoms with Crippen molar-refractivity contribution in [2.75, 3.05) is 19.7 Å². The molecule has 2 heterocycles. The largest absolute Gasteiger partial charge is 0.445 e. The van der Waals surface area contributed by atoms with Crippen LogP contribution in [-0.4, -0.2) is 69.4 Å². The molecule has 9 heteroatoms. The number of rotatable bonds is 7. The molecule has 0 bridgehead atoms. The summed E-state index contributed by atoms with van der Waals surface area (Å²) in [7, 11) is 0. The summed E-state index contributed by atoms with van der Waals surface area (Å²) in [6.45, 7) is 0.242. The number of hydrogen-bond acceptors (Lipinski definition) is 5. The molecule has 0 radical (unpaired) electrons. The lowest BCUT2D eigenvalue weighted by molar-refractivity contribution is -0.184. The Hall–Kier alpha value is -2.32. The molecule has 2 saturated heterocycles. The van der Waals surface area contributed by atoms with E-state index in [1.165, 1.54) is 9.80 Å². The van der Waals surface area contributed by atoms with Gasteiger partial charge in [-0.2, -0.15) is 0 Å². The Morgan fingerprint density at radius 2 is 1.91 bits per heavy atom. The van der Waals surface area contributed by atoms with Gasteiger partial charge in [-0.1, -0.05) is 59.6 Å². The highest BCUT2D eigenvalue weighted by molar-refractivity contribution is 6.42. The van der Waals surface area contributed by atoms with Gasteiger partial charge in [-0.3, -0.25) is 9.69 Å². The Bertz CT molecular complexity index is 1020. The summed E-state index contributed by atoms with van der Waals surface area (Å²) in [5, 5.41) is 21.2. The third kappa shape index (κ3) is 4.43. The average Bonchev–Trinajstić information content (AvgIpc) is 3.29. The van der Waals surface area contributed by atoms with E-state index in [1.54, 1.807) is 12.1 Å². The zero-order valence-electron chi connectivity index (χ0n) is 18.0. The minimum Gasteiger partial charge on any atom is -0.445 e. The summed E-state index contributed by atoms with van der Waals surface area (Å²) in [6, 6.07) is 13.8. The molecule has 1 spiro atoms. The summed E-state index contributed by atoms with van der Waals surface area (Å²) in [6.07, 6.45) is -0.257. The number of benzene rings is 2. The van der Waals surface area contributed by atoms with E-state index in [0.29, 0.717) is 42.4 Å². The van der Waals surface area contributed by atoms with Crippen molar-refractivity contribution in [3.05, 3.63) is 69.7 Å². The zero-order valence-corrected chi connectivity index (χ0v) is 19.5. The van der Waals surface area contributed by atoms with Gasteiger partial charge in [-0.25, -0.2) is 4.79 Å². The lowest BCUT2D eigenvalue weighted by Gasteiger charge is -2.58. The molecule has 0 aromatic heterocycles. The van der Waals surface area contributed by atoms with Gasteiger partial charge in [0.25, 0.3) is 5.91 Å². The first-order valence-electron chi connectivity index (χ1n) is 10.9. The van der Waals surface area contributed by atoms with Crippen LogP contribution < -0.4 is 0 Å². The second-order valence-electron chi connectivity index (χ2n) is 8.41. The van der Waals surface area contributed by atoms with Gasteiger partial charge in [0.15, 0.2) is 0 Å². The number of amides is 2. The van der Waals surface area contributed by atoms with Crippen LogP contribution in [0.4, 0.5) is 4.79 Å². The van der Waals surface area contributed by atoms with E-state index in [2.05, 4.69) is 0 Å². The number of hydrogen-bond donors (Lipinski definition) is 2. The van der Waals surface area contributed by atoms with Crippen molar-refractivity contribution in [1.29, 1.82) is 0 Å². The van der Waals surface area contributed by atoms with E-state index >= 15 is 0 Å². The van der Waals surface area contributed by atoms with Crippen LogP contribution in [0.15, 0.2) is 48.5 Å². The number of ether oxygens (including phenoxy) is 1. The van der Waals surface area contributed by atoms with E-state index in [1.807, 2.05) is 36.4 Å². The topological polar surface area (TPSA) is 90.3 Å². The molecule has 3 atom stereocenters. The van der Waals surface area contributed by atoms with Crippen molar-refractivity contribution >= 4 is 35.2 Å². The van der Waals surface area contributed by atoms with Crippen molar-refractivity contribution in [3.8, 4) is 0 Å². The fourth-order valence-electron chi connectivity index (χ4n) is 4.93. The zero-order chi connectivity index (χ0) is 23.6. The van der Waals surface area contributed by atoms with Crippen LogP contribution in [0, 0.1) is 0 Å². The predicted octanol–water partition coefficient (Wildman–Crippen LogP) is 3.27. The van der Waals surface area contributed by atoms with Crippen LogP contribution in [0.25, 0.3) is 0 Å². The number of β-lactam (4-membered cyclic amide) rings is 1. The first-order chi connectivity index (χ1) is 15.9. The average molecular weight is 493 g/mol. The molecule has 2 N–H and O–H groups in total. The Labute approximate surface area is 202 Å². The fourth-order valence-corrected chi connectivity index (χ4v) is 5.25. The molecule has 0 unspecified atom stereocenters. The van der Waals surface area contributed by atoms with Gasteiger partial charge in [-0.05, 0) is 42.5 Å². The molecule has 0 saturated carbocycles. The Balaban J connectivity index is 1.49. The number of aliphatic hydroxyl groups is 2. The van der Waals surface area contributed by atoms with Crippen molar-refractivity contribution < 1.29 is 24.5 Å². The maximum Gasteiger partial charge on any atom is 0.411 e. The van der Waals surface area contributed by atoms with E-state index in [-0.39, 0.29) is 12.5 Å². The Morgan fingerprint density at radius 3 is 2.61 bits per heavy atom. The molecule has 2 aliphatic rings. The van der Waals surface area contributed by atoms with E-state index in [0.717, 1.165) is 11.1 Å². The SMILES string of the molecule is O=C(OCc1ccccc1)N1CCC[C@@]12C(=O)N(CCc1ccc(Cl)c(Cl)c1)[C@H]2[C@H](O)CO. The summed E-state index contributed by atoms with van der Waals surface area (Å²) >= 11 is 12.1. The smallest absolute Gasteiger partial charge is 0.411 e. The molecule has 33 heavy (non-hydrogen) atoms. The van der Waals surface area contributed by atoms with Gasteiger partial charge in [0, 0.05) is 13.1 Å². The van der Waals surface area contributed by atoms with E-state index < -0.39 is 30.4 Å². The van der Waals surface area contributed by atoms with Gasteiger partial charge in [0.2, 0.25) is 0 Å². The van der Waals surface area contributed by atoms with Crippen molar-refractivity contribution in [3.63, 3.8) is 0 Å². The second kappa shape index (κ2) is 9.89. The van der Waals surface area contributed by atoms with Crippen molar-refractivity contribution in [2.24, 2.45) is 0 Å². The summed E-state index contributed by atoms with van der Waals surface area (Å²) < 4.78 is 5.49. The molecule has 7 nitrogen and oxygen atoms in total. The van der Waals surface area contributed by atoms with Gasteiger partial charge in [0.05, 0.1) is 22.7 Å². The molecular weight excluding hydrogens is 467 g/mol. The van der Waals surface area contributed by atoms with Crippen LogP contribution in [0.5, 0.6) is 0 Å². The van der Waals surface area contributed by atoms with Gasteiger partial charge >= 0.3 is 6.09 Å². The number of nitrogens with zero attached hydrogens (tertiary/aromatic N) is 2. The highest BCUT2D eigenvalue weighted by atomic mass is 35.5. The molecule has 0 aliphatic carbocycles. The second-order valence-corrected chi connectivity index (χ2v) is 9.23. The molecule has 2 aromatic rings. The van der Waals surface area contributed by atoms with Crippen molar-refractivity contribution in [1.82, 2.24) is 9.80 Å². The standard InChI is InChI=1S/C24H26Cl2N2O5/c25-18-8-7-16(13-19(18)26)9-12-27-21(20(30)14-29)24(22(27)31)10-4-11-28(24)23(32)33-15-17-5-2-1-3-6-17/h1-3,5-8,13,20-21,29-30H,4,9-12,14-15H2/t20-,21+,24-/m1/s1. The van der Waals surface area contributed by atoms with Gasteiger partial charge in [-0.15, -0.1) is 0 Å². The van der Waals surface area contributed by atoms with Crippen LogP contribution in [0.3, 0.4) is 0 Å². The highest BCUT2D eigenvalue weighted by Crippen LogP contribution is 2.46. The lowest BCUT2D eigenvalue weighted by Crippen LogP contribution is -2.82. The monoisotopic (exact) mass is 492 g/mol. The molecule has 2 aromatic carbocycles. The maximum atomic E-state index is 13.4. The van der Waals surface area contributed by atoms with Crippen LogP contribution in [0.1, 0.15) is 24.0 Å². The Morgan fingerprint density at radius 1 is 1.15 bits per heavy atom. The summed E-state index contributed by atoms with van der Waals surface area (Å²) in [5.74, 6) is -0.241. The Kier molecular flexibility index (Phi) is 7.14. The quantitative estimate of drug-likeness (QED) is 0.578. The summed E-state index contributed by atoms with van der Waals surface area (Å²) in [4.78, 5) is 29.3. The number of halogens is 2. The van der Waals surface area contributed by atoms with Crippen LogP contribution in [0.2, 0.25) is 10.0 Å². The van der Waals surface area contributed by atoms with Gasteiger partial charge < -0.3 is 19.8 Å². The predicted molar refractivity (Wildman–Crippen MR) is 124 cm³/mol. The maximum absolute atomic E-state index is 13.4. The van der Waals surface area contributed by atoms with E-state index in [4.69, 9.17) is 27.9 Å². The van der Waals surface area contributed by atoms with E-state index in [9.17, 15) is 19.8 Å². The minimum atomic E-state index is -1.20. The van der Waals surface area contributed by atoms with Gasteiger partial charge in [0.1, 0.15) is 18.2 Å². The number of carbonyl (C=O) groups excluding carboxylic acids is 2. The number of likely N-dealkylation sites (tertiary alicyclic amines) is 2. The fraction of sp³-hybridized carbons (Fsp3) is 0.417. The first-order valence-corrected chi connectivity index (χ1v) is 11.7. The highest BCUT2D eigenvalue weighted by Gasteiger charge is 2.68. The molecular formula is C24H26Cl2N2O5. The third-order valence-electron chi connectivity index (χ3n) is 6.48. The molecule has 2 amide bonds. The summed E-state index contributed by atoms with van der Waals surface area (Å²) in [5.41, 5.74) is 0.531. The normalized spacial score (nSPS) is 23.0. The molecule has 2 aliphatic heterocycles. The number of carbonyl (C=O) groups is 2. The van der Waals surface area contributed by atoms with Crippen LogP contribution >= 0.6 is 23.2 Å². The molecule has 2 fully saturated rings. The van der Waals surface area contributed by atoms with Crippen molar-refractivity contribution in [2.45, 2.75) is 43.6 Å². The first kappa shape index (κ1) is 23.8. The molecule has 4 rings (SSSR count). The lowest BCUT2D eigenvalue weighted by atomic mass is 9.73. The van der Waals surface area contributed by atoms with Crippen LogP contribution in [-0.2, 0) is 22.6 Å². The minimum absolute atomic E-state index is 0.0920. The number of aliphatic hydroxyl groups excluding tert-OH is 2. The molecule has 176 valence electrons.